The van der Waals surface area contributed by atoms with Crippen LogP contribution in [0.1, 0.15) is 0 Å². The van der Waals surface area contributed by atoms with Gasteiger partial charge in [0.1, 0.15) is 11.5 Å². The Balaban J connectivity index is 1.97. The molecule has 0 unspecified atom stereocenters. The highest BCUT2D eigenvalue weighted by molar-refractivity contribution is 6.61. The Morgan fingerprint density at radius 3 is 2.56 bits per heavy atom. The van der Waals surface area contributed by atoms with Gasteiger partial charge in [-0.3, -0.25) is 0 Å². The molecule has 1 aliphatic rings. The van der Waals surface area contributed by atoms with Crippen molar-refractivity contribution >= 4 is 27.8 Å². The molecule has 0 spiro atoms. The van der Waals surface area contributed by atoms with Crippen LogP contribution in [0, 0.1) is 0 Å². The topological polar surface area (TPSA) is 54.0 Å². The lowest BCUT2D eigenvalue weighted by Gasteiger charge is -2.12. The molecule has 25 heavy (non-hydrogen) atoms. The van der Waals surface area contributed by atoms with E-state index < -0.39 is 5.43 Å². The first-order chi connectivity index (χ1) is 12.2. The highest BCUT2D eigenvalue weighted by Gasteiger charge is 2.21. The normalized spacial score (nSPS) is 12.2. The lowest BCUT2D eigenvalue weighted by Crippen LogP contribution is -1.97. The number of hydrogen-bond donors (Lipinski definition) is 0. The molecule has 5 nitrogen and oxygen atoms in total. The second kappa shape index (κ2) is 6.18. The summed E-state index contributed by atoms with van der Waals surface area (Å²) < 4.78 is 21.4. The van der Waals surface area contributed by atoms with Gasteiger partial charge >= 0.3 is 5.43 Å². The van der Waals surface area contributed by atoms with Crippen LogP contribution in [0.5, 0.6) is 23.0 Å². The van der Waals surface area contributed by atoms with E-state index in [9.17, 15) is 4.79 Å². The minimum Gasteiger partial charge on any atom is -0.497 e. The Morgan fingerprint density at radius 1 is 1.04 bits per heavy atom. The van der Waals surface area contributed by atoms with Gasteiger partial charge in [0.15, 0.2) is 11.5 Å². The van der Waals surface area contributed by atoms with E-state index >= 15 is 0 Å². The lowest BCUT2D eigenvalue weighted by atomic mass is 9.96. The average molecular weight is 357 g/mol. The molecule has 0 N–H and O–H groups in total. The van der Waals surface area contributed by atoms with Crippen molar-refractivity contribution in [2.75, 3.05) is 13.9 Å². The standard InChI is InChI=1S/C19H13ClO5/c1-22-13-5-2-11(3-6-13)15-9-14(25-19(20)21)8-12-4-7-16-18(17(12)15)24-10-23-16/h2-9H,10H2,1H3. The number of rotatable bonds is 3. The van der Waals surface area contributed by atoms with Crippen LogP contribution >= 0.6 is 11.6 Å². The molecule has 1 heterocycles. The second-order valence-electron chi connectivity index (χ2n) is 5.44. The van der Waals surface area contributed by atoms with Gasteiger partial charge in [0.25, 0.3) is 0 Å². The van der Waals surface area contributed by atoms with Gasteiger partial charge in [0, 0.05) is 17.0 Å². The molecule has 0 amide bonds. The van der Waals surface area contributed by atoms with Crippen LogP contribution in [0.15, 0.2) is 48.5 Å². The molecule has 0 atom stereocenters. The molecule has 0 radical (unpaired) electrons. The fourth-order valence-electron chi connectivity index (χ4n) is 2.94. The monoisotopic (exact) mass is 356 g/mol. The van der Waals surface area contributed by atoms with Crippen molar-refractivity contribution < 1.29 is 23.7 Å². The van der Waals surface area contributed by atoms with Crippen LogP contribution in [-0.4, -0.2) is 19.3 Å². The van der Waals surface area contributed by atoms with Gasteiger partial charge in [-0.1, -0.05) is 18.2 Å². The molecular formula is C19H13ClO5. The van der Waals surface area contributed by atoms with E-state index in [1.165, 1.54) is 0 Å². The minimum absolute atomic E-state index is 0.176. The molecule has 0 fully saturated rings. The molecule has 3 aromatic rings. The number of carbonyl (C=O) groups excluding carboxylic acids is 1. The van der Waals surface area contributed by atoms with Crippen LogP contribution < -0.4 is 18.9 Å². The van der Waals surface area contributed by atoms with Gasteiger partial charge in [0.05, 0.1) is 7.11 Å². The van der Waals surface area contributed by atoms with Crippen LogP contribution in [0.25, 0.3) is 21.9 Å². The van der Waals surface area contributed by atoms with Gasteiger partial charge in [-0.25, -0.2) is 4.79 Å². The van der Waals surface area contributed by atoms with Crippen LogP contribution in [-0.2, 0) is 0 Å². The fourth-order valence-corrected chi connectivity index (χ4v) is 3.03. The molecule has 6 heteroatoms. The highest BCUT2D eigenvalue weighted by atomic mass is 35.5. The van der Waals surface area contributed by atoms with Crippen LogP contribution in [0.4, 0.5) is 4.79 Å². The zero-order chi connectivity index (χ0) is 17.4. The molecule has 0 aliphatic carbocycles. The summed E-state index contributed by atoms with van der Waals surface area (Å²) in [5.41, 5.74) is 0.873. The third-order valence-corrected chi connectivity index (χ3v) is 4.10. The van der Waals surface area contributed by atoms with Gasteiger partial charge in [0.2, 0.25) is 6.79 Å². The summed E-state index contributed by atoms with van der Waals surface area (Å²) in [7, 11) is 1.61. The van der Waals surface area contributed by atoms with Crippen molar-refractivity contribution in [1.29, 1.82) is 0 Å². The van der Waals surface area contributed by atoms with Crippen molar-refractivity contribution in [3.8, 4) is 34.1 Å². The van der Waals surface area contributed by atoms with Crippen molar-refractivity contribution in [3.05, 3.63) is 48.5 Å². The smallest absolute Gasteiger partial charge is 0.409 e. The summed E-state index contributed by atoms with van der Waals surface area (Å²) in [5, 5.41) is 1.74. The van der Waals surface area contributed by atoms with Crippen molar-refractivity contribution in [3.63, 3.8) is 0 Å². The summed E-state index contributed by atoms with van der Waals surface area (Å²) in [5.74, 6) is 2.47. The largest absolute Gasteiger partial charge is 0.497 e. The Morgan fingerprint density at radius 2 is 1.84 bits per heavy atom. The number of methoxy groups -OCH3 is 1. The fraction of sp³-hybridized carbons (Fsp3) is 0.105. The zero-order valence-electron chi connectivity index (χ0n) is 13.2. The quantitative estimate of drug-likeness (QED) is 0.619. The van der Waals surface area contributed by atoms with E-state index in [-0.39, 0.29) is 6.79 Å². The lowest BCUT2D eigenvalue weighted by molar-refractivity contribution is 0.175. The Hall–Kier alpha value is -2.92. The Bertz CT molecular complexity index is 966. The summed E-state index contributed by atoms with van der Waals surface area (Å²) in [4.78, 5) is 11.1. The maximum absolute atomic E-state index is 11.1. The Kier molecular flexibility index (Phi) is 3.86. The first-order valence-electron chi connectivity index (χ1n) is 7.54. The van der Waals surface area contributed by atoms with E-state index in [0.29, 0.717) is 17.2 Å². The molecule has 0 aromatic heterocycles. The summed E-state index contributed by atoms with van der Waals surface area (Å²) >= 11 is 5.37. The number of benzene rings is 3. The predicted octanol–water partition coefficient (Wildman–Crippen LogP) is 4.98. The van der Waals surface area contributed by atoms with Crippen molar-refractivity contribution in [1.82, 2.24) is 0 Å². The molecule has 0 saturated carbocycles. The molecule has 3 aromatic carbocycles. The van der Waals surface area contributed by atoms with E-state index in [4.69, 9.17) is 30.5 Å². The third-order valence-electron chi connectivity index (χ3n) is 4.02. The molecule has 0 bridgehead atoms. The SMILES string of the molecule is COc1ccc(-c2cc(OC(=O)Cl)cc3ccc4c(c23)OCO4)cc1. The van der Waals surface area contributed by atoms with E-state index in [1.807, 2.05) is 36.4 Å². The minimum atomic E-state index is -0.888. The van der Waals surface area contributed by atoms with Crippen molar-refractivity contribution in [2.24, 2.45) is 0 Å². The van der Waals surface area contributed by atoms with Gasteiger partial charge in [-0.05, 0) is 46.8 Å². The number of ether oxygens (including phenoxy) is 4. The number of fused-ring (bicyclic) bond motifs is 3. The molecular weight excluding hydrogens is 344 g/mol. The number of hydrogen-bond acceptors (Lipinski definition) is 5. The second-order valence-corrected chi connectivity index (χ2v) is 5.75. The highest BCUT2D eigenvalue weighted by Crippen LogP contribution is 2.45. The summed E-state index contributed by atoms with van der Waals surface area (Å²) in [6.07, 6.45) is 0. The third kappa shape index (κ3) is 2.83. The van der Waals surface area contributed by atoms with Gasteiger partial charge in [-0.15, -0.1) is 0 Å². The van der Waals surface area contributed by atoms with E-state index in [1.54, 1.807) is 19.2 Å². The van der Waals surface area contributed by atoms with Gasteiger partial charge in [-0.2, -0.15) is 0 Å². The maximum atomic E-state index is 11.1. The average Bonchev–Trinajstić information content (AvgIpc) is 3.09. The summed E-state index contributed by atoms with van der Waals surface area (Å²) in [6, 6.07) is 14.8. The van der Waals surface area contributed by atoms with Crippen LogP contribution in [0.2, 0.25) is 0 Å². The van der Waals surface area contributed by atoms with Crippen LogP contribution in [0.3, 0.4) is 0 Å². The molecule has 0 saturated heterocycles. The van der Waals surface area contributed by atoms with E-state index in [0.717, 1.165) is 27.6 Å². The Labute approximate surface area is 148 Å². The molecule has 4 rings (SSSR count). The van der Waals surface area contributed by atoms with Crippen molar-refractivity contribution in [2.45, 2.75) is 0 Å². The number of halogens is 1. The molecule has 1 aliphatic heterocycles. The van der Waals surface area contributed by atoms with E-state index in [2.05, 4.69) is 0 Å². The molecule has 126 valence electrons. The predicted molar refractivity (Wildman–Crippen MR) is 93.9 cm³/mol. The first kappa shape index (κ1) is 15.6. The first-order valence-corrected chi connectivity index (χ1v) is 7.91. The zero-order valence-corrected chi connectivity index (χ0v) is 14.0. The van der Waals surface area contributed by atoms with Gasteiger partial charge < -0.3 is 18.9 Å². The summed E-state index contributed by atoms with van der Waals surface area (Å²) in [6.45, 7) is 0.176. The number of carbonyl (C=O) groups is 1. The maximum Gasteiger partial charge on any atom is 0.409 e.